The Balaban J connectivity index is 1.81. The Morgan fingerprint density at radius 2 is 1.85 bits per heavy atom. The fraction of sp³-hybridized carbons (Fsp3) is 0.588. The second-order valence-electron chi connectivity index (χ2n) is 6.08. The first-order valence-corrected chi connectivity index (χ1v) is 7.57. The predicted octanol–water partition coefficient (Wildman–Crippen LogP) is 3.45. The lowest BCUT2D eigenvalue weighted by atomic mass is 9.99. The highest BCUT2D eigenvalue weighted by Gasteiger charge is 2.20. The summed E-state index contributed by atoms with van der Waals surface area (Å²) in [5, 5.41) is 0. The number of nitrogens with zero attached hydrogens (tertiary/aromatic N) is 1. The molecule has 0 N–H and O–H groups in total. The molecule has 0 bridgehead atoms. The van der Waals surface area contributed by atoms with E-state index in [9.17, 15) is 4.79 Å². The Bertz CT molecular complexity index is 431. The minimum Gasteiger partial charge on any atom is -0.484 e. The summed E-state index contributed by atoms with van der Waals surface area (Å²) in [6.45, 7) is 8.46. The van der Waals surface area contributed by atoms with Gasteiger partial charge < -0.3 is 9.64 Å². The van der Waals surface area contributed by atoms with E-state index in [1.165, 1.54) is 5.56 Å². The van der Waals surface area contributed by atoms with Crippen LogP contribution in [0.3, 0.4) is 0 Å². The van der Waals surface area contributed by atoms with E-state index in [1.807, 2.05) is 17.0 Å². The van der Waals surface area contributed by atoms with Gasteiger partial charge in [-0.25, -0.2) is 0 Å². The molecular formula is C17H25NO2. The largest absolute Gasteiger partial charge is 0.484 e. The van der Waals surface area contributed by atoms with Gasteiger partial charge in [0.15, 0.2) is 6.61 Å². The number of ether oxygens (including phenoxy) is 1. The number of benzene rings is 1. The molecule has 1 amide bonds. The summed E-state index contributed by atoms with van der Waals surface area (Å²) in [6, 6.07) is 8.02. The highest BCUT2D eigenvalue weighted by atomic mass is 16.5. The van der Waals surface area contributed by atoms with E-state index >= 15 is 0 Å². The first-order chi connectivity index (χ1) is 9.56. The van der Waals surface area contributed by atoms with Crippen molar-refractivity contribution < 1.29 is 9.53 Å². The van der Waals surface area contributed by atoms with Gasteiger partial charge >= 0.3 is 0 Å². The number of carbonyl (C=O) groups excluding carboxylic acids is 1. The molecule has 0 unspecified atom stereocenters. The zero-order chi connectivity index (χ0) is 14.5. The van der Waals surface area contributed by atoms with Gasteiger partial charge in [-0.2, -0.15) is 0 Å². The molecule has 0 aliphatic carbocycles. The number of carbonyl (C=O) groups is 1. The van der Waals surface area contributed by atoms with Crippen LogP contribution >= 0.6 is 0 Å². The Labute approximate surface area is 121 Å². The van der Waals surface area contributed by atoms with Gasteiger partial charge in [-0.1, -0.05) is 32.9 Å². The zero-order valence-electron chi connectivity index (χ0n) is 12.8. The number of hydrogen-bond donors (Lipinski definition) is 0. The van der Waals surface area contributed by atoms with Crippen LogP contribution in [0.25, 0.3) is 0 Å². The molecule has 0 radical (unpaired) electrons. The molecule has 1 fully saturated rings. The molecule has 20 heavy (non-hydrogen) atoms. The summed E-state index contributed by atoms with van der Waals surface area (Å²) in [7, 11) is 0. The van der Waals surface area contributed by atoms with Crippen molar-refractivity contribution in [3.8, 4) is 5.75 Å². The second-order valence-corrected chi connectivity index (χ2v) is 6.08. The Morgan fingerprint density at radius 1 is 1.25 bits per heavy atom. The van der Waals surface area contributed by atoms with Gasteiger partial charge in [0.05, 0.1) is 0 Å². The maximum atomic E-state index is 12.1. The van der Waals surface area contributed by atoms with Crippen LogP contribution < -0.4 is 4.74 Å². The molecule has 1 aromatic carbocycles. The highest BCUT2D eigenvalue weighted by Crippen LogP contribution is 2.19. The topological polar surface area (TPSA) is 29.5 Å². The minimum absolute atomic E-state index is 0.102. The molecule has 0 spiro atoms. The molecule has 0 aromatic heterocycles. The van der Waals surface area contributed by atoms with Crippen molar-refractivity contribution in [3.05, 3.63) is 29.8 Å². The average molecular weight is 275 g/mol. The number of hydrogen-bond acceptors (Lipinski definition) is 2. The van der Waals surface area contributed by atoms with E-state index in [1.54, 1.807) is 0 Å². The van der Waals surface area contributed by atoms with Crippen molar-refractivity contribution >= 4 is 5.91 Å². The lowest BCUT2D eigenvalue weighted by Gasteiger charge is -2.30. The molecule has 110 valence electrons. The molecule has 1 saturated heterocycles. The van der Waals surface area contributed by atoms with Gasteiger partial charge in [-0.15, -0.1) is 0 Å². The average Bonchev–Trinajstić information content (AvgIpc) is 2.46. The first-order valence-electron chi connectivity index (χ1n) is 7.57. The van der Waals surface area contributed by atoms with Crippen LogP contribution in [0.5, 0.6) is 5.75 Å². The van der Waals surface area contributed by atoms with Gasteiger partial charge in [0.2, 0.25) is 0 Å². The summed E-state index contributed by atoms with van der Waals surface area (Å²) >= 11 is 0. The number of likely N-dealkylation sites (tertiary alicyclic amines) is 1. The van der Waals surface area contributed by atoms with Crippen LogP contribution in [0.1, 0.15) is 45.1 Å². The lowest BCUT2D eigenvalue weighted by molar-refractivity contribution is -0.134. The Hall–Kier alpha value is -1.51. The number of rotatable bonds is 4. The van der Waals surface area contributed by atoms with Crippen molar-refractivity contribution in [3.63, 3.8) is 0 Å². The molecule has 1 aliphatic rings. The van der Waals surface area contributed by atoms with E-state index in [0.717, 1.165) is 37.6 Å². The first kappa shape index (κ1) is 14.9. The van der Waals surface area contributed by atoms with Crippen molar-refractivity contribution in [2.24, 2.45) is 5.92 Å². The molecule has 0 saturated carbocycles. The quantitative estimate of drug-likeness (QED) is 0.842. The molecule has 1 heterocycles. The molecule has 1 aliphatic heterocycles. The van der Waals surface area contributed by atoms with E-state index in [2.05, 4.69) is 32.9 Å². The lowest BCUT2D eigenvalue weighted by Crippen LogP contribution is -2.40. The monoisotopic (exact) mass is 275 g/mol. The van der Waals surface area contributed by atoms with Gasteiger partial charge in [0.25, 0.3) is 5.91 Å². The smallest absolute Gasteiger partial charge is 0.260 e. The molecule has 3 nitrogen and oxygen atoms in total. The summed E-state index contributed by atoms with van der Waals surface area (Å²) in [4.78, 5) is 14.0. The van der Waals surface area contributed by atoms with E-state index in [-0.39, 0.29) is 12.5 Å². The van der Waals surface area contributed by atoms with Gasteiger partial charge in [0, 0.05) is 13.1 Å². The molecule has 0 atom stereocenters. The van der Waals surface area contributed by atoms with Crippen molar-refractivity contribution in [2.75, 3.05) is 19.7 Å². The van der Waals surface area contributed by atoms with E-state index in [0.29, 0.717) is 5.92 Å². The number of amides is 1. The van der Waals surface area contributed by atoms with Crippen LogP contribution in [-0.4, -0.2) is 30.5 Å². The van der Waals surface area contributed by atoms with Crippen molar-refractivity contribution in [2.45, 2.75) is 39.5 Å². The van der Waals surface area contributed by atoms with Crippen molar-refractivity contribution in [1.29, 1.82) is 0 Å². The van der Waals surface area contributed by atoms with E-state index in [4.69, 9.17) is 4.74 Å². The molecule has 1 aromatic rings. The van der Waals surface area contributed by atoms with Gasteiger partial charge in [0.1, 0.15) is 5.75 Å². The third kappa shape index (κ3) is 3.99. The second kappa shape index (κ2) is 6.78. The normalized spacial score (nSPS) is 16.5. The zero-order valence-corrected chi connectivity index (χ0v) is 12.8. The molecule has 3 heteroatoms. The third-order valence-electron chi connectivity index (χ3n) is 4.05. The van der Waals surface area contributed by atoms with Crippen LogP contribution in [0, 0.1) is 5.92 Å². The minimum atomic E-state index is 0.102. The number of piperidine rings is 1. The summed E-state index contributed by atoms with van der Waals surface area (Å²) in [5.74, 6) is 2.13. The van der Waals surface area contributed by atoms with Crippen LogP contribution in [-0.2, 0) is 4.79 Å². The third-order valence-corrected chi connectivity index (χ3v) is 4.05. The Kier molecular flexibility index (Phi) is 5.05. The van der Waals surface area contributed by atoms with E-state index < -0.39 is 0 Å². The van der Waals surface area contributed by atoms with Crippen molar-refractivity contribution in [1.82, 2.24) is 4.90 Å². The highest BCUT2D eigenvalue weighted by molar-refractivity contribution is 5.77. The maximum Gasteiger partial charge on any atom is 0.260 e. The predicted molar refractivity (Wildman–Crippen MR) is 81.0 cm³/mol. The Morgan fingerprint density at radius 3 is 2.40 bits per heavy atom. The maximum absolute atomic E-state index is 12.1. The molecule has 2 rings (SSSR count). The summed E-state index contributed by atoms with van der Waals surface area (Å²) < 4.78 is 5.59. The summed E-state index contributed by atoms with van der Waals surface area (Å²) in [6.07, 6.45) is 2.21. The van der Waals surface area contributed by atoms with Crippen LogP contribution in [0.2, 0.25) is 0 Å². The van der Waals surface area contributed by atoms with Gasteiger partial charge in [-0.05, 0) is 42.4 Å². The molecular weight excluding hydrogens is 250 g/mol. The fourth-order valence-corrected chi connectivity index (χ4v) is 2.44. The standard InChI is InChI=1S/C17H25NO2/c1-13(2)15-4-6-16(7-5-15)20-12-17(19)18-10-8-14(3)9-11-18/h4-7,13-14H,8-12H2,1-3H3. The van der Waals surface area contributed by atoms with Gasteiger partial charge in [-0.3, -0.25) is 4.79 Å². The SMILES string of the molecule is CC1CCN(C(=O)COc2ccc(C(C)C)cc2)CC1. The fourth-order valence-electron chi connectivity index (χ4n) is 2.44. The van der Waals surface area contributed by atoms with Crippen LogP contribution in [0.15, 0.2) is 24.3 Å². The van der Waals surface area contributed by atoms with Crippen LogP contribution in [0.4, 0.5) is 0 Å². The summed E-state index contributed by atoms with van der Waals surface area (Å²) in [5.41, 5.74) is 1.29.